The molecule has 2 atom stereocenters. The predicted molar refractivity (Wildman–Crippen MR) is 109 cm³/mol. The minimum absolute atomic E-state index is 0. The van der Waals surface area contributed by atoms with Crippen LogP contribution in [0.2, 0.25) is 0 Å². The van der Waals surface area contributed by atoms with Gasteiger partial charge < -0.3 is 24.2 Å². The number of para-hydroxylation sites is 2. The molecule has 0 spiro atoms. The van der Waals surface area contributed by atoms with Gasteiger partial charge in [0.15, 0.2) is 5.79 Å². The van der Waals surface area contributed by atoms with E-state index in [0.717, 1.165) is 34.5 Å². The second-order valence-corrected chi connectivity index (χ2v) is 8.80. The molecular formula is C21H24N3NaO4S. The molecule has 3 heterocycles. The van der Waals surface area contributed by atoms with E-state index in [-0.39, 0.29) is 41.4 Å². The Balaban J connectivity index is 0.00000256. The Labute approximate surface area is 200 Å². The Morgan fingerprint density at radius 1 is 1.30 bits per heavy atom. The molecule has 30 heavy (non-hydrogen) atoms. The quantitative estimate of drug-likeness (QED) is 0.486. The zero-order chi connectivity index (χ0) is 20.4. The number of hydrogen-bond donors (Lipinski definition) is 0. The maximum absolute atomic E-state index is 12.8. The number of imidazole rings is 1. The molecule has 0 bridgehead atoms. The van der Waals surface area contributed by atoms with E-state index in [1.54, 1.807) is 6.20 Å². The zero-order valence-electron chi connectivity index (χ0n) is 17.8. The number of nitrogens with zero attached hydrogens (tertiary/aromatic N) is 3. The number of hydrogen-bond acceptors (Lipinski definition) is 6. The third kappa shape index (κ3) is 5.49. The van der Waals surface area contributed by atoms with Crippen LogP contribution in [0.25, 0.3) is 11.0 Å². The van der Waals surface area contributed by atoms with E-state index in [1.807, 2.05) is 51.1 Å². The van der Waals surface area contributed by atoms with E-state index in [2.05, 4.69) is 15.0 Å². The van der Waals surface area contributed by atoms with Crippen LogP contribution in [0.1, 0.15) is 31.5 Å². The van der Waals surface area contributed by atoms with Crippen LogP contribution in [-0.4, -0.2) is 39.3 Å². The molecule has 2 aromatic heterocycles. The summed E-state index contributed by atoms with van der Waals surface area (Å²) in [7, 11) is -1.38. The summed E-state index contributed by atoms with van der Waals surface area (Å²) in [6.45, 7) is 6.83. The summed E-state index contributed by atoms with van der Waals surface area (Å²) in [5, 5.41) is 0.333. The van der Waals surface area contributed by atoms with Crippen molar-refractivity contribution in [1.29, 1.82) is 0 Å². The Morgan fingerprint density at radius 3 is 2.83 bits per heavy atom. The van der Waals surface area contributed by atoms with E-state index in [0.29, 0.717) is 18.4 Å². The monoisotopic (exact) mass is 437 g/mol. The fraction of sp³-hybridized carbons (Fsp3) is 0.429. The topological polar surface area (TPSA) is 84.6 Å². The molecule has 0 saturated carbocycles. The normalized spacial score (nSPS) is 18.8. The number of fused-ring (bicyclic) bond motifs is 1. The fourth-order valence-corrected chi connectivity index (χ4v) is 4.31. The molecule has 0 radical (unpaired) electrons. The molecule has 1 aromatic carbocycles. The van der Waals surface area contributed by atoms with Crippen LogP contribution >= 0.6 is 0 Å². The Morgan fingerprint density at radius 2 is 2.10 bits per heavy atom. The van der Waals surface area contributed by atoms with Gasteiger partial charge >= 0.3 is 29.6 Å². The van der Waals surface area contributed by atoms with Crippen molar-refractivity contribution in [1.82, 2.24) is 15.0 Å². The van der Waals surface area contributed by atoms with Crippen LogP contribution in [0.3, 0.4) is 0 Å². The average molecular weight is 437 g/mol. The van der Waals surface area contributed by atoms with Gasteiger partial charge in [0.2, 0.25) is 0 Å². The first-order valence-electron chi connectivity index (χ1n) is 9.58. The maximum atomic E-state index is 12.8. The Kier molecular flexibility index (Phi) is 7.71. The third-order valence-electron chi connectivity index (χ3n) is 4.81. The van der Waals surface area contributed by atoms with Crippen molar-refractivity contribution in [3.8, 4) is 5.75 Å². The second-order valence-electron chi connectivity index (χ2n) is 7.45. The smallest absolute Gasteiger partial charge is 0.493 e. The number of pyridine rings is 1. The minimum Gasteiger partial charge on any atom is -0.493 e. The van der Waals surface area contributed by atoms with Crippen LogP contribution < -0.4 is 39.3 Å². The Bertz CT molecular complexity index is 1010. The summed E-state index contributed by atoms with van der Waals surface area (Å²) >= 11 is 0. The molecule has 1 aliphatic heterocycles. The van der Waals surface area contributed by atoms with Crippen LogP contribution in [0.15, 0.2) is 41.7 Å². The average Bonchev–Trinajstić information content (AvgIpc) is 3.27. The van der Waals surface area contributed by atoms with E-state index in [4.69, 9.17) is 14.2 Å². The van der Waals surface area contributed by atoms with Gasteiger partial charge in [-0.05, 0) is 37.9 Å². The summed E-state index contributed by atoms with van der Waals surface area (Å²) < 4.78 is 30.1. The molecule has 3 aromatic rings. The van der Waals surface area contributed by atoms with Gasteiger partial charge in [0.05, 0.1) is 41.6 Å². The van der Waals surface area contributed by atoms with Crippen molar-refractivity contribution < 1.29 is 48.0 Å². The van der Waals surface area contributed by atoms with Crippen LogP contribution in [0.5, 0.6) is 5.75 Å². The van der Waals surface area contributed by atoms with Gasteiger partial charge in [-0.15, -0.1) is 0 Å². The summed E-state index contributed by atoms with van der Waals surface area (Å²) in [6, 6.07) is 9.33. The van der Waals surface area contributed by atoms with E-state index in [9.17, 15) is 4.21 Å². The van der Waals surface area contributed by atoms with Crippen molar-refractivity contribution in [2.24, 2.45) is 0 Å². The molecule has 0 N–H and O–H groups in total. The zero-order valence-corrected chi connectivity index (χ0v) is 20.6. The van der Waals surface area contributed by atoms with E-state index in [1.165, 1.54) is 0 Å². The largest absolute Gasteiger partial charge is 1.00 e. The number of rotatable bonds is 7. The van der Waals surface area contributed by atoms with Crippen LogP contribution in [0, 0.1) is 6.92 Å². The molecule has 2 unspecified atom stereocenters. The second kappa shape index (κ2) is 9.89. The van der Waals surface area contributed by atoms with Gasteiger partial charge in [-0.3, -0.25) is 9.19 Å². The number of benzene rings is 1. The van der Waals surface area contributed by atoms with E-state index >= 15 is 0 Å². The molecule has 9 heteroatoms. The van der Waals surface area contributed by atoms with Crippen molar-refractivity contribution >= 4 is 21.8 Å². The van der Waals surface area contributed by atoms with Gasteiger partial charge in [0.1, 0.15) is 5.75 Å². The molecule has 154 valence electrons. The van der Waals surface area contributed by atoms with Gasteiger partial charge in [-0.2, -0.15) is 0 Å². The molecule has 7 nitrogen and oxygen atoms in total. The number of ether oxygens (including phenoxy) is 3. The molecule has 1 saturated heterocycles. The fourth-order valence-electron chi connectivity index (χ4n) is 3.24. The standard InChI is InChI=1S/C21H24N3O4S.Na/c1-14-18(13-29(25)20-23-16-6-4-5-7-17(16)24-20)22-10-8-19(14)26-11-9-15-12-27-21(2,3)28-15;/h4-8,10,15H,9,11-13H2,1-3H3;/q-1;+1. The van der Waals surface area contributed by atoms with Crippen LogP contribution in [-0.2, 0) is 26.0 Å². The molecule has 1 aliphatic rings. The summed E-state index contributed by atoms with van der Waals surface area (Å²) in [5.74, 6) is 0.452. The SMILES string of the molecule is Cc1c(OCCC2COC(C)(C)O2)ccnc1CS(=O)c1nc2ccccc2[n-]1.[Na+]. The van der Waals surface area contributed by atoms with E-state index < -0.39 is 16.6 Å². The molecule has 4 rings (SSSR count). The van der Waals surface area contributed by atoms with Gasteiger partial charge in [0.25, 0.3) is 0 Å². The summed E-state index contributed by atoms with van der Waals surface area (Å²) in [4.78, 5) is 13.1. The molecule has 1 fully saturated rings. The first-order chi connectivity index (χ1) is 13.9. The maximum Gasteiger partial charge on any atom is 1.00 e. The summed E-state index contributed by atoms with van der Waals surface area (Å²) in [5.41, 5.74) is 3.09. The minimum atomic E-state index is -1.38. The third-order valence-corrected chi connectivity index (χ3v) is 5.93. The Hall–Kier alpha value is -1.29. The first-order valence-corrected chi connectivity index (χ1v) is 10.9. The molecule has 0 aliphatic carbocycles. The van der Waals surface area contributed by atoms with Crippen molar-refractivity contribution in [2.45, 2.75) is 50.0 Å². The van der Waals surface area contributed by atoms with Crippen molar-refractivity contribution in [2.75, 3.05) is 13.2 Å². The first kappa shape index (κ1) is 23.4. The van der Waals surface area contributed by atoms with Gasteiger partial charge in [0, 0.05) is 23.3 Å². The molecule has 0 amide bonds. The van der Waals surface area contributed by atoms with Gasteiger partial charge in [-0.25, -0.2) is 0 Å². The predicted octanol–water partition coefficient (Wildman–Crippen LogP) is 0.128. The van der Waals surface area contributed by atoms with Crippen molar-refractivity contribution in [3.63, 3.8) is 0 Å². The summed E-state index contributed by atoms with van der Waals surface area (Å²) in [6.07, 6.45) is 2.44. The van der Waals surface area contributed by atoms with Crippen molar-refractivity contribution in [3.05, 3.63) is 47.8 Å². The molecular weight excluding hydrogens is 413 g/mol. The van der Waals surface area contributed by atoms with Gasteiger partial charge in [-0.1, -0.05) is 24.3 Å². The van der Waals surface area contributed by atoms with Crippen LogP contribution in [0.4, 0.5) is 0 Å². The number of aromatic nitrogens is 3.